The van der Waals surface area contributed by atoms with Gasteiger partial charge in [-0.3, -0.25) is 9.59 Å². The van der Waals surface area contributed by atoms with Crippen LogP contribution in [-0.2, 0) is 9.53 Å². The summed E-state index contributed by atoms with van der Waals surface area (Å²) in [4.78, 5) is 27.7. The zero-order chi connectivity index (χ0) is 19.1. The Morgan fingerprint density at radius 1 is 1.15 bits per heavy atom. The SMILES string of the molecule is CSc1cccc(NC(=O)COc2ccccc2C(=O)N2CCOCC2)c1. The minimum Gasteiger partial charge on any atom is -0.483 e. The van der Waals surface area contributed by atoms with E-state index in [-0.39, 0.29) is 18.4 Å². The van der Waals surface area contributed by atoms with Crippen molar-refractivity contribution in [3.8, 4) is 5.75 Å². The highest BCUT2D eigenvalue weighted by Crippen LogP contribution is 2.21. The number of carbonyl (C=O) groups is 2. The molecule has 1 aliphatic heterocycles. The lowest BCUT2D eigenvalue weighted by molar-refractivity contribution is -0.118. The van der Waals surface area contributed by atoms with Crippen molar-refractivity contribution in [2.45, 2.75) is 4.90 Å². The van der Waals surface area contributed by atoms with E-state index in [1.807, 2.05) is 30.5 Å². The van der Waals surface area contributed by atoms with Crippen molar-refractivity contribution < 1.29 is 19.1 Å². The second kappa shape index (κ2) is 9.43. The van der Waals surface area contributed by atoms with Crippen LogP contribution >= 0.6 is 11.8 Å². The highest BCUT2D eigenvalue weighted by molar-refractivity contribution is 7.98. The molecular weight excluding hydrogens is 364 g/mol. The van der Waals surface area contributed by atoms with Crippen molar-refractivity contribution in [3.05, 3.63) is 54.1 Å². The normalized spacial score (nSPS) is 13.9. The highest BCUT2D eigenvalue weighted by Gasteiger charge is 2.21. The van der Waals surface area contributed by atoms with E-state index < -0.39 is 0 Å². The fourth-order valence-corrected chi connectivity index (χ4v) is 3.21. The minimum absolute atomic E-state index is 0.109. The Balaban J connectivity index is 1.62. The van der Waals surface area contributed by atoms with Crippen LogP contribution in [-0.4, -0.2) is 55.9 Å². The maximum atomic E-state index is 12.7. The summed E-state index contributed by atoms with van der Waals surface area (Å²) in [6.07, 6.45) is 1.98. The zero-order valence-electron chi connectivity index (χ0n) is 15.1. The van der Waals surface area contributed by atoms with Crippen LogP contribution < -0.4 is 10.1 Å². The summed E-state index contributed by atoms with van der Waals surface area (Å²) in [6.45, 7) is 2.01. The maximum Gasteiger partial charge on any atom is 0.262 e. The number of ether oxygens (including phenoxy) is 2. The maximum absolute atomic E-state index is 12.7. The van der Waals surface area contributed by atoms with Gasteiger partial charge in [-0.25, -0.2) is 0 Å². The van der Waals surface area contributed by atoms with Gasteiger partial charge in [0, 0.05) is 23.7 Å². The number of nitrogens with zero attached hydrogens (tertiary/aromatic N) is 1. The number of benzene rings is 2. The smallest absolute Gasteiger partial charge is 0.262 e. The van der Waals surface area contributed by atoms with E-state index in [9.17, 15) is 9.59 Å². The third-order valence-electron chi connectivity index (χ3n) is 4.13. The number of hydrogen-bond donors (Lipinski definition) is 1. The van der Waals surface area contributed by atoms with Gasteiger partial charge in [0.1, 0.15) is 5.75 Å². The topological polar surface area (TPSA) is 67.9 Å². The van der Waals surface area contributed by atoms with Crippen molar-refractivity contribution in [2.24, 2.45) is 0 Å². The molecule has 1 N–H and O–H groups in total. The molecule has 142 valence electrons. The summed E-state index contributed by atoms with van der Waals surface area (Å²) in [7, 11) is 0. The van der Waals surface area contributed by atoms with Gasteiger partial charge >= 0.3 is 0 Å². The first-order valence-electron chi connectivity index (χ1n) is 8.70. The van der Waals surface area contributed by atoms with E-state index in [4.69, 9.17) is 9.47 Å². The van der Waals surface area contributed by atoms with Crippen molar-refractivity contribution in [3.63, 3.8) is 0 Å². The van der Waals surface area contributed by atoms with Crippen LogP contribution in [0, 0.1) is 0 Å². The van der Waals surface area contributed by atoms with Crippen molar-refractivity contribution >= 4 is 29.3 Å². The molecule has 1 fully saturated rings. The molecule has 0 bridgehead atoms. The predicted molar refractivity (Wildman–Crippen MR) is 106 cm³/mol. The first-order valence-corrected chi connectivity index (χ1v) is 9.92. The van der Waals surface area contributed by atoms with Crippen molar-refractivity contribution in [1.82, 2.24) is 4.90 Å². The van der Waals surface area contributed by atoms with Gasteiger partial charge in [-0.1, -0.05) is 18.2 Å². The summed E-state index contributed by atoms with van der Waals surface area (Å²) in [6, 6.07) is 14.6. The first kappa shape index (κ1) is 19.3. The molecule has 2 amide bonds. The lowest BCUT2D eigenvalue weighted by atomic mass is 10.1. The summed E-state index contributed by atoms with van der Waals surface area (Å²) in [5, 5.41) is 2.81. The number of para-hydroxylation sites is 1. The largest absolute Gasteiger partial charge is 0.483 e. The van der Waals surface area contributed by atoms with E-state index in [1.165, 1.54) is 0 Å². The molecule has 0 saturated carbocycles. The standard InChI is InChI=1S/C20H22N2O4S/c1-27-16-6-4-5-15(13-16)21-19(23)14-26-18-8-3-2-7-17(18)20(24)22-9-11-25-12-10-22/h2-8,13H,9-12,14H2,1H3,(H,21,23). The molecule has 1 saturated heterocycles. The van der Waals surface area contributed by atoms with Crippen molar-refractivity contribution in [2.75, 3.05) is 44.5 Å². The molecular formula is C20H22N2O4S. The Kier molecular flexibility index (Phi) is 6.73. The van der Waals surface area contributed by atoms with Gasteiger partial charge in [-0.2, -0.15) is 0 Å². The van der Waals surface area contributed by atoms with Crippen LogP contribution in [0.15, 0.2) is 53.4 Å². The molecule has 0 spiro atoms. The van der Waals surface area contributed by atoms with Gasteiger partial charge in [0.25, 0.3) is 11.8 Å². The monoisotopic (exact) mass is 386 g/mol. The van der Waals surface area contributed by atoms with Crippen LogP contribution in [0.4, 0.5) is 5.69 Å². The number of hydrogen-bond acceptors (Lipinski definition) is 5. The predicted octanol–water partition coefficient (Wildman–Crippen LogP) is 2.90. The number of thioether (sulfide) groups is 1. The molecule has 27 heavy (non-hydrogen) atoms. The summed E-state index contributed by atoms with van der Waals surface area (Å²) in [5.74, 6) is 0.0193. The molecule has 0 aromatic heterocycles. The van der Waals surface area contributed by atoms with Gasteiger partial charge in [0.05, 0.1) is 18.8 Å². The third-order valence-corrected chi connectivity index (χ3v) is 4.85. The average molecular weight is 386 g/mol. The Morgan fingerprint density at radius 2 is 1.93 bits per heavy atom. The molecule has 3 rings (SSSR count). The molecule has 6 nitrogen and oxygen atoms in total. The summed E-state index contributed by atoms with van der Waals surface area (Å²) in [5.41, 5.74) is 1.17. The fourth-order valence-electron chi connectivity index (χ4n) is 2.75. The second-order valence-electron chi connectivity index (χ2n) is 5.97. The molecule has 0 unspecified atom stereocenters. The van der Waals surface area contributed by atoms with Gasteiger partial charge in [-0.15, -0.1) is 11.8 Å². The van der Waals surface area contributed by atoms with Crippen molar-refractivity contribution in [1.29, 1.82) is 0 Å². The van der Waals surface area contributed by atoms with E-state index >= 15 is 0 Å². The number of rotatable bonds is 6. The molecule has 0 aliphatic carbocycles. The number of carbonyl (C=O) groups excluding carboxylic acids is 2. The lowest BCUT2D eigenvalue weighted by Gasteiger charge is -2.27. The molecule has 7 heteroatoms. The molecule has 0 atom stereocenters. The Morgan fingerprint density at radius 3 is 2.70 bits per heavy atom. The van der Waals surface area contributed by atoms with Crippen LogP contribution in [0.3, 0.4) is 0 Å². The summed E-state index contributed by atoms with van der Waals surface area (Å²) < 4.78 is 10.9. The molecule has 0 radical (unpaired) electrons. The Bertz CT molecular complexity index is 806. The quantitative estimate of drug-likeness (QED) is 0.773. The van der Waals surface area contributed by atoms with Gasteiger partial charge in [-0.05, 0) is 36.6 Å². The second-order valence-corrected chi connectivity index (χ2v) is 6.85. The van der Waals surface area contributed by atoms with E-state index in [2.05, 4.69) is 5.32 Å². The van der Waals surface area contributed by atoms with E-state index in [0.717, 1.165) is 4.90 Å². The molecule has 1 heterocycles. The van der Waals surface area contributed by atoms with Crippen LogP contribution in [0.2, 0.25) is 0 Å². The van der Waals surface area contributed by atoms with Gasteiger partial charge in [0.2, 0.25) is 0 Å². The zero-order valence-corrected chi connectivity index (χ0v) is 16.0. The van der Waals surface area contributed by atoms with E-state index in [0.29, 0.717) is 43.3 Å². The fraction of sp³-hybridized carbons (Fsp3) is 0.300. The average Bonchev–Trinajstić information content (AvgIpc) is 2.72. The van der Waals surface area contributed by atoms with Crippen LogP contribution in [0.5, 0.6) is 5.75 Å². The highest BCUT2D eigenvalue weighted by atomic mass is 32.2. The number of morpholine rings is 1. The molecule has 1 aliphatic rings. The molecule has 2 aromatic carbocycles. The van der Waals surface area contributed by atoms with Crippen LogP contribution in [0.25, 0.3) is 0 Å². The lowest BCUT2D eigenvalue weighted by Crippen LogP contribution is -2.40. The van der Waals surface area contributed by atoms with Crippen LogP contribution in [0.1, 0.15) is 10.4 Å². The van der Waals surface area contributed by atoms with E-state index in [1.54, 1.807) is 40.9 Å². The van der Waals surface area contributed by atoms with Gasteiger partial charge < -0.3 is 19.7 Å². The third kappa shape index (κ3) is 5.24. The van der Waals surface area contributed by atoms with Gasteiger partial charge in [0.15, 0.2) is 6.61 Å². The number of nitrogens with one attached hydrogen (secondary N) is 1. The minimum atomic E-state index is -0.276. The summed E-state index contributed by atoms with van der Waals surface area (Å²) >= 11 is 1.61. The first-order chi connectivity index (χ1) is 13.2. The number of amides is 2. The Labute approximate surface area is 162 Å². The molecule has 2 aromatic rings. The Hall–Kier alpha value is -2.51. The number of anilines is 1.